The lowest BCUT2D eigenvalue weighted by molar-refractivity contribution is 0.173. The van der Waals surface area contributed by atoms with Gasteiger partial charge in [0.25, 0.3) is 0 Å². The van der Waals surface area contributed by atoms with Crippen LogP contribution in [0.4, 0.5) is 10.5 Å². The van der Waals surface area contributed by atoms with Gasteiger partial charge in [-0.2, -0.15) is 11.3 Å². The van der Waals surface area contributed by atoms with E-state index in [9.17, 15) is 9.90 Å². The maximum atomic E-state index is 12.0. The van der Waals surface area contributed by atoms with E-state index in [0.717, 1.165) is 25.1 Å². The SMILES string of the molecule is Cc1ccc(N2CC[C@@H](NC(=O)NC[C@H](O)c3ccsc3)C2)cc1. The second-order valence-corrected chi connectivity index (χ2v) is 6.97. The third-order valence-corrected chi connectivity index (χ3v) is 5.01. The first-order valence-electron chi connectivity index (χ1n) is 8.18. The van der Waals surface area contributed by atoms with Gasteiger partial charge >= 0.3 is 6.03 Å². The molecule has 0 saturated carbocycles. The highest BCUT2D eigenvalue weighted by atomic mass is 32.1. The topological polar surface area (TPSA) is 64.6 Å². The van der Waals surface area contributed by atoms with E-state index in [1.165, 1.54) is 22.6 Å². The Morgan fingerprint density at radius 1 is 1.38 bits per heavy atom. The van der Waals surface area contributed by atoms with Gasteiger partial charge in [-0.05, 0) is 47.9 Å². The predicted octanol–water partition coefficient (Wildman–Crippen LogP) is 2.67. The van der Waals surface area contributed by atoms with E-state index in [-0.39, 0.29) is 18.6 Å². The zero-order valence-corrected chi connectivity index (χ0v) is 14.6. The molecule has 1 aromatic heterocycles. The summed E-state index contributed by atoms with van der Waals surface area (Å²) in [7, 11) is 0. The Balaban J connectivity index is 1.43. The monoisotopic (exact) mass is 345 g/mol. The Morgan fingerprint density at radius 3 is 2.88 bits per heavy atom. The molecule has 6 heteroatoms. The van der Waals surface area contributed by atoms with Crippen LogP contribution in [0.5, 0.6) is 0 Å². The molecule has 3 N–H and O–H groups in total. The van der Waals surface area contributed by atoms with Crippen molar-refractivity contribution in [1.82, 2.24) is 10.6 Å². The van der Waals surface area contributed by atoms with Gasteiger partial charge in [0.1, 0.15) is 0 Å². The number of urea groups is 1. The molecule has 1 saturated heterocycles. The fraction of sp³-hybridized carbons (Fsp3) is 0.389. The number of amides is 2. The minimum absolute atomic E-state index is 0.129. The normalized spacial score (nSPS) is 18.4. The number of carbonyl (C=O) groups is 1. The number of benzene rings is 1. The van der Waals surface area contributed by atoms with E-state index in [4.69, 9.17) is 0 Å². The molecular formula is C18H23N3O2S. The van der Waals surface area contributed by atoms with Gasteiger partial charge in [0, 0.05) is 31.4 Å². The van der Waals surface area contributed by atoms with Gasteiger partial charge in [0.2, 0.25) is 0 Å². The number of nitrogens with zero attached hydrogens (tertiary/aromatic N) is 1. The number of hydrogen-bond acceptors (Lipinski definition) is 4. The van der Waals surface area contributed by atoms with E-state index in [1.807, 2.05) is 16.8 Å². The van der Waals surface area contributed by atoms with Crippen molar-refractivity contribution in [3.63, 3.8) is 0 Å². The molecule has 0 unspecified atom stereocenters. The Morgan fingerprint density at radius 2 is 2.17 bits per heavy atom. The highest BCUT2D eigenvalue weighted by Crippen LogP contribution is 2.20. The van der Waals surface area contributed by atoms with Crippen molar-refractivity contribution in [3.05, 3.63) is 52.2 Å². The van der Waals surface area contributed by atoms with Crippen LogP contribution in [0, 0.1) is 6.92 Å². The van der Waals surface area contributed by atoms with Crippen molar-refractivity contribution >= 4 is 23.1 Å². The Hall–Kier alpha value is -2.05. The van der Waals surface area contributed by atoms with Gasteiger partial charge in [0.15, 0.2) is 0 Å². The lowest BCUT2D eigenvalue weighted by Crippen LogP contribution is -2.44. The highest BCUT2D eigenvalue weighted by molar-refractivity contribution is 7.07. The van der Waals surface area contributed by atoms with Crippen LogP contribution in [-0.4, -0.2) is 36.8 Å². The average Bonchev–Trinajstić information content (AvgIpc) is 3.25. The quantitative estimate of drug-likeness (QED) is 0.781. The van der Waals surface area contributed by atoms with E-state index < -0.39 is 6.10 Å². The Kier molecular flexibility index (Phi) is 5.37. The molecule has 2 amide bonds. The van der Waals surface area contributed by atoms with Crippen LogP contribution in [0.25, 0.3) is 0 Å². The number of aliphatic hydroxyl groups is 1. The van der Waals surface area contributed by atoms with Crippen molar-refractivity contribution in [1.29, 1.82) is 0 Å². The molecule has 1 fully saturated rings. The van der Waals surface area contributed by atoms with Crippen LogP contribution in [0.3, 0.4) is 0 Å². The number of hydrogen-bond donors (Lipinski definition) is 3. The third-order valence-electron chi connectivity index (χ3n) is 4.31. The number of carbonyl (C=O) groups excluding carboxylic acids is 1. The number of nitrogens with one attached hydrogen (secondary N) is 2. The summed E-state index contributed by atoms with van der Waals surface area (Å²) < 4.78 is 0. The molecule has 5 nitrogen and oxygen atoms in total. The first-order valence-corrected chi connectivity index (χ1v) is 9.12. The van der Waals surface area contributed by atoms with E-state index in [1.54, 1.807) is 0 Å². The summed E-state index contributed by atoms with van der Waals surface area (Å²) in [4.78, 5) is 14.3. The summed E-state index contributed by atoms with van der Waals surface area (Å²) in [5, 5.41) is 19.5. The predicted molar refractivity (Wildman–Crippen MR) is 97.6 cm³/mol. The average molecular weight is 345 g/mol. The van der Waals surface area contributed by atoms with Crippen LogP contribution in [-0.2, 0) is 0 Å². The Labute approximate surface area is 146 Å². The lowest BCUT2D eigenvalue weighted by atomic mass is 10.2. The summed E-state index contributed by atoms with van der Waals surface area (Å²) in [5.74, 6) is 0. The summed E-state index contributed by atoms with van der Waals surface area (Å²) in [6, 6.07) is 10.2. The number of aliphatic hydroxyl groups excluding tert-OH is 1. The van der Waals surface area contributed by atoms with Gasteiger partial charge in [0.05, 0.1) is 6.10 Å². The minimum Gasteiger partial charge on any atom is -0.387 e. The highest BCUT2D eigenvalue weighted by Gasteiger charge is 2.24. The first kappa shape index (κ1) is 16.8. The van der Waals surface area contributed by atoms with Crippen LogP contribution >= 0.6 is 11.3 Å². The molecule has 128 valence electrons. The fourth-order valence-corrected chi connectivity index (χ4v) is 3.58. The van der Waals surface area contributed by atoms with Crippen molar-refractivity contribution in [2.24, 2.45) is 0 Å². The number of rotatable bonds is 5. The molecule has 0 bridgehead atoms. The molecule has 3 rings (SSSR count). The maximum Gasteiger partial charge on any atom is 0.315 e. The van der Waals surface area contributed by atoms with Crippen molar-refractivity contribution in [2.75, 3.05) is 24.5 Å². The Bertz CT molecular complexity index is 657. The molecule has 2 heterocycles. The molecule has 0 aliphatic carbocycles. The van der Waals surface area contributed by atoms with Gasteiger partial charge in [-0.25, -0.2) is 4.79 Å². The number of thiophene rings is 1. The molecule has 0 spiro atoms. The van der Waals surface area contributed by atoms with E-state index in [0.29, 0.717) is 0 Å². The molecule has 0 radical (unpaired) electrons. The van der Waals surface area contributed by atoms with Crippen molar-refractivity contribution in [3.8, 4) is 0 Å². The molecule has 2 aromatic rings. The molecular weight excluding hydrogens is 322 g/mol. The standard InChI is InChI=1S/C18H23N3O2S/c1-13-2-4-16(5-3-13)21-8-6-15(11-21)20-18(23)19-10-17(22)14-7-9-24-12-14/h2-5,7,9,12,15,17,22H,6,8,10-11H2,1H3,(H2,19,20,23)/t15-,17+/m1/s1. The molecule has 1 aromatic carbocycles. The van der Waals surface area contributed by atoms with Crippen molar-refractivity contribution < 1.29 is 9.90 Å². The van der Waals surface area contributed by atoms with Crippen LogP contribution in [0.1, 0.15) is 23.7 Å². The summed E-state index contributed by atoms with van der Waals surface area (Å²) in [6.07, 6.45) is 0.267. The lowest BCUT2D eigenvalue weighted by Gasteiger charge is -2.19. The van der Waals surface area contributed by atoms with Crippen molar-refractivity contribution in [2.45, 2.75) is 25.5 Å². The molecule has 2 atom stereocenters. The van der Waals surface area contributed by atoms with Crippen LogP contribution in [0.2, 0.25) is 0 Å². The molecule has 1 aliphatic heterocycles. The van der Waals surface area contributed by atoms with Crippen LogP contribution < -0.4 is 15.5 Å². The van der Waals surface area contributed by atoms with E-state index >= 15 is 0 Å². The van der Waals surface area contributed by atoms with Gasteiger partial charge < -0.3 is 20.6 Å². The maximum absolute atomic E-state index is 12.0. The third kappa shape index (κ3) is 4.27. The second kappa shape index (κ2) is 7.68. The zero-order valence-electron chi connectivity index (χ0n) is 13.7. The number of aryl methyl sites for hydroxylation is 1. The summed E-state index contributed by atoms with van der Waals surface area (Å²) in [6.45, 7) is 4.04. The van der Waals surface area contributed by atoms with Gasteiger partial charge in [-0.15, -0.1) is 0 Å². The minimum atomic E-state index is -0.658. The summed E-state index contributed by atoms with van der Waals surface area (Å²) in [5.41, 5.74) is 3.28. The van der Waals surface area contributed by atoms with Gasteiger partial charge in [-0.1, -0.05) is 17.7 Å². The second-order valence-electron chi connectivity index (χ2n) is 6.19. The first-order chi connectivity index (χ1) is 11.6. The summed E-state index contributed by atoms with van der Waals surface area (Å²) >= 11 is 1.53. The number of anilines is 1. The zero-order chi connectivity index (χ0) is 16.9. The molecule has 1 aliphatic rings. The van der Waals surface area contributed by atoms with Gasteiger partial charge in [-0.3, -0.25) is 0 Å². The fourth-order valence-electron chi connectivity index (χ4n) is 2.88. The largest absolute Gasteiger partial charge is 0.387 e. The smallest absolute Gasteiger partial charge is 0.315 e. The molecule has 24 heavy (non-hydrogen) atoms. The van der Waals surface area contributed by atoms with E-state index in [2.05, 4.69) is 46.7 Å². The van der Waals surface area contributed by atoms with Crippen LogP contribution in [0.15, 0.2) is 41.1 Å².